The fourth-order valence-corrected chi connectivity index (χ4v) is 0.0577. The first-order valence-electron chi connectivity index (χ1n) is 3.17. The molecule has 0 aliphatic carbocycles. The fraction of sp³-hybridized carbons (Fsp3) is 1.00. The molecule has 0 amide bonds. The number of aliphatic hydroxyl groups is 3. The zero-order chi connectivity index (χ0) is 14.0. The Labute approximate surface area is 157 Å². The Bertz CT molecular complexity index is 199. The van der Waals surface area contributed by atoms with Crippen LogP contribution in [0.3, 0.4) is 0 Å². The van der Waals surface area contributed by atoms with E-state index in [2.05, 4.69) is 0 Å². The summed E-state index contributed by atoms with van der Waals surface area (Å²) in [5, 5.41) is 24.0. The van der Waals surface area contributed by atoms with E-state index in [4.69, 9.17) is 53.8 Å². The Morgan fingerprint density at radius 1 is 0.737 bits per heavy atom. The van der Waals surface area contributed by atoms with Gasteiger partial charge < -0.3 is 53.8 Å². The molecule has 0 aromatic rings. The maximum atomic E-state index is 8.55. The van der Waals surface area contributed by atoms with Crippen molar-refractivity contribution in [3.05, 3.63) is 0 Å². The quantitative estimate of drug-likeness (QED) is 0.310. The molecule has 0 unspecified atom stereocenters. The summed E-state index contributed by atoms with van der Waals surface area (Å²) in [5.74, 6) is 0. The molecule has 0 saturated carbocycles. The molecule has 0 rings (SSSR count). The maximum absolute atomic E-state index is 8.55. The Balaban J connectivity index is -0.0000000311. The van der Waals surface area contributed by atoms with Crippen LogP contribution in [0.4, 0.5) is 0 Å². The van der Waals surface area contributed by atoms with Crippen molar-refractivity contribution in [1.29, 1.82) is 0 Å². The van der Waals surface area contributed by atoms with Gasteiger partial charge in [-0.3, -0.25) is 0 Å². The Kier molecular flexibility index (Phi) is 40.3. The third-order valence-electron chi connectivity index (χ3n) is 0.421. The summed E-state index contributed by atoms with van der Waals surface area (Å²) in [6.07, 6.45) is -0.954. The van der Waals surface area contributed by atoms with Crippen LogP contribution in [-0.2, 0) is 9.13 Å². The van der Waals surface area contributed by atoms with Crippen molar-refractivity contribution < 1.29 is 53.8 Å². The van der Waals surface area contributed by atoms with Crippen molar-refractivity contribution in [3.63, 3.8) is 0 Å². The molecule has 0 fully saturated rings. The van der Waals surface area contributed by atoms with Gasteiger partial charge in [-0.05, 0) is 0 Å². The molecule has 0 aromatic heterocycles. The second-order valence-electron chi connectivity index (χ2n) is 1.91. The van der Waals surface area contributed by atoms with Crippen LogP contribution in [0.5, 0.6) is 0 Å². The van der Waals surface area contributed by atoms with E-state index in [0.29, 0.717) is 0 Å². The monoisotopic (exact) mass is 354 g/mol. The van der Waals surface area contributed by atoms with Crippen LogP contribution < -0.4 is 29.4 Å². The summed E-state index contributed by atoms with van der Waals surface area (Å²) < 4.78 is 17.1. The molecule has 3 N–H and O–H groups in total. The number of hydrogen-bond donors (Lipinski definition) is 3. The molecule has 0 bridgehead atoms. The predicted molar refractivity (Wildman–Crippen MR) is 52.7 cm³/mol. The second kappa shape index (κ2) is 20.4. The van der Waals surface area contributed by atoms with Gasteiger partial charge in [0.1, 0.15) is 6.10 Å². The van der Waals surface area contributed by atoms with E-state index in [0.717, 1.165) is 0 Å². The Morgan fingerprint density at radius 3 is 0.842 bits per heavy atom. The van der Waals surface area contributed by atoms with Gasteiger partial charge in [0, 0.05) is 0 Å². The van der Waals surface area contributed by atoms with E-state index < -0.39 is 21.7 Å². The summed E-state index contributed by atoms with van der Waals surface area (Å²) in [7, 11) is -10.8. The molecule has 0 radical (unpaired) electrons. The van der Waals surface area contributed by atoms with Crippen LogP contribution in [0.15, 0.2) is 0 Å². The van der Waals surface area contributed by atoms with E-state index >= 15 is 0 Å². The molecule has 0 spiro atoms. The topological polar surface area (TPSA) is 233 Å². The van der Waals surface area contributed by atoms with Crippen LogP contribution in [0.2, 0.25) is 0 Å². The SMILES string of the molecule is O=P([O-])([O-])[O-].O=P([O-])([O-])[O-].OCC(O)CO.[Mg+2].[Mg+2].[Mg+2]. The standard InChI is InChI=1S/C3H8O3.3Mg.2H3O4P/c4-1-3(6)2-5;;;;2*1-5(2,3)4/h3-6H,1-2H2;;;;2*(H3,1,2,3,4)/q;3*+2;;/p-6. The molecule has 0 atom stereocenters. The third kappa shape index (κ3) is 169. The van der Waals surface area contributed by atoms with E-state index in [-0.39, 0.29) is 82.4 Å². The van der Waals surface area contributed by atoms with E-state index in [1.165, 1.54) is 0 Å². The van der Waals surface area contributed by atoms with Crippen molar-refractivity contribution in [2.75, 3.05) is 13.2 Å². The van der Waals surface area contributed by atoms with Crippen molar-refractivity contribution >= 4 is 84.8 Å². The first-order valence-corrected chi connectivity index (χ1v) is 6.09. The molecular formula is C3H8Mg3O11P2. The smallest absolute Gasteiger partial charge is 0.822 e. The van der Waals surface area contributed by atoms with Gasteiger partial charge in [0.15, 0.2) is 0 Å². The van der Waals surface area contributed by atoms with Gasteiger partial charge >= 0.3 is 69.2 Å². The largest absolute Gasteiger partial charge is 2.00 e. The molecule has 102 valence electrons. The van der Waals surface area contributed by atoms with Crippen molar-refractivity contribution in [3.8, 4) is 0 Å². The Morgan fingerprint density at radius 2 is 0.842 bits per heavy atom. The first kappa shape index (κ1) is 37.6. The Hall–Kier alpha value is 2.40. The third-order valence-corrected chi connectivity index (χ3v) is 0.421. The molecule has 11 nitrogen and oxygen atoms in total. The van der Waals surface area contributed by atoms with Crippen LogP contribution in [0.1, 0.15) is 0 Å². The van der Waals surface area contributed by atoms with Gasteiger partial charge in [-0.2, -0.15) is 15.6 Å². The molecule has 16 heteroatoms. The minimum absolute atomic E-state index is 0. The van der Waals surface area contributed by atoms with Gasteiger partial charge in [-0.15, -0.1) is 0 Å². The summed E-state index contributed by atoms with van der Waals surface area (Å²) in [4.78, 5) is 51.3. The van der Waals surface area contributed by atoms with Crippen LogP contribution in [0, 0.1) is 0 Å². The normalized spacial score (nSPS) is 9.37. The second-order valence-corrected chi connectivity index (χ2v) is 3.70. The molecule has 0 aliphatic heterocycles. The van der Waals surface area contributed by atoms with Gasteiger partial charge in [0.25, 0.3) is 0 Å². The van der Waals surface area contributed by atoms with E-state index in [9.17, 15) is 0 Å². The zero-order valence-electron chi connectivity index (χ0n) is 9.61. The van der Waals surface area contributed by atoms with Gasteiger partial charge in [0.2, 0.25) is 0 Å². The maximum Gasteiger partial charge on any atom is 2.00 e. The van der Waals surface area contributed by atoms with Crippen LogP contribution >= 0.6 is 15.6 Å². The van der Waals surface area contributed by atoms with Crippen LogP contribution in [0.25, 0.3) is 0 Å². The summed E-state index contributed by atoms with van der Waals surface area (Å²) in [5.41, 5.74) is 0. The van der Waals surface area contributed by atoms with Crippen LogP contribution in [-0.4, -0.2) is 104 Å². The first-order chi connectivity index (χ1) is 6.81. The molecular weight excluding hydrogens is 347 g/mol. The average Bonchev–Trinajstić information content (AvgIpc) is 1.96. The van der Waals surface area contributed by atoms with Crippen molar-refractivity contribution in [2.24, 2.45) is 0 Å². The summed E-state index contributed by atoms with van der Waals surface area (Å²) >= 11 is 0. The molecule has 19 heavy (non-hydrogen) atoms. The summed E-state index contributed by atoms with van der Waals surface area (Å²) in [6.45, 7) is -0.729. The molecule has 0 aromatic carbocycles. The molecule has 0 heterocycles. The number of aliphatic hydroxyl groups excluding tert-OH is 3. The van der Waals surface area contributed by atoms with E-state index in [1.54, 1.807) is 0 Å². The number of hydrogen-bond acceptors (Lipinski definition) is 11. The van der Waals surface area contributed by atoms with Gasteiger partial charge in [-0.1, -0.05) is 0 Å². The van der Waals surface area contributed by atoms with Crippen molar-refractivity contribution in [1.82, 2.24) is 0 Å². The zero-order valence-corrected chi connectivity index (χ0v) is 15.6. The van der Waals surface area contributed by atoms with Crippen molar-refractivity contribution in [2.45, 2.75) is 6.10 Å². The molecule has 0 saturated heterocycles. The fourth-order valence-electron chi connectivity index (χ4n) is 0.0577. The van der Waals surface area contributed by atoms with E-state index in [1.807, 2.05) is 0 Å². The number of rotatable bonds is 2. The minimum atomic E-state index is -5.39. The van der Waals surface area contributed by atoms with Gasteiger partial charge in [0.05, 0.1) is 13.2 Å². The number of phosphoric acid groups is 2. The average molecular weight is 355 g/mol. The minimum Gasteiger partial charge on any atom is -0.822 e. The summed E-state index contributed by atoms with van der Waals surface area (Å²) in [6, 6.07) is 0. The predicted octanol–water partition coefficient (Wildman–Crippen LogP) is -8.46. The van der Waals surface area contributed by atoms with Gasteiger partial charge in [-0.25, -0.2) is 0 Å². The molecule has 0 aliphatic rings.